The number of hydrogen-bond donors (Lipinski definition) is 2. The molecule has 0 aliphatic rings. The SMILES string of the molecule is CCc1ccc(NC(=O)[C@@H](C)OC(=O)c2c(NC(C)=O)sc(C)c2C)cc1. The van der Waals surface area contributed by atoms with Crippen molar-refractivity contribution >= 4 is 39.8 Å². The standard InChI is InChI=1S/C20H24N2O4S/c1-6-15-7-9-16(10-8-15)22-18(24)12(3)26-20(25)17-11(2)13(4)27-19(17)21-14(5)23/h7-10,12H,6H2,1-5H3,(H,21,23)(H,22,24)/t12-/m1/s1. The van der Waals surface area contributed by atoms with Crippen LogP contribution in [0.3, 0.4) is 0 Å². The monoisotopic (exact) mass is 388 g/mol. The molecule has 6 nitrogen and oxygen atoms in total. The van der Waals surface area contributed by atoms with E-state index in [1.807, 2.05) is 31.2 Å². The van der Waals surface area contributed by atoms with Crippen molar-refractivity contribution in [3.8, 4) is 0 Å². The van der Waals surface area contributed by atoms with Crippen molar-refractivity contribution in [3.05, 3.63) is 45.8 Å². The average Bonchev–Trinajstić information content (AvgIpc) is 2.88. The number of nitrogens with one attached hydrogen (secondary N) is 2. The molecule has 1 heterocycles. The second-order valence-corrected chi connectivity index (χ2v) is 7.48. The molecule has 2 N–H and O–H groups in total. The summed E-state index contributed by atoms with van der Waals surface area (Å²) in [6.45, 7) is 8.59. The van der Waals surface area contributed by atoms with Gasteiger partial charge in [0, 0.05) is 17.5 Å². The second-order valence-electron chi connectivity index (χ2n) is 6.26. The summed E-state index contributed by atoms with van der Waals surface area (Å²) in [6, 6.07) is 7.49. The fraction of sp³-hybridized carbons (Fsp3) is 0.350. The van der Waals surface area contributed by atoms with Crippen molar-refractivity contribution in [2.45, 2.75) is 47.1 Å². The Balaban J connectivity index is 2.08. The number of carbonyl (C=O) groups is 3. The number of ether oxygens (including phenoxy) is 1. The van der Waals surface area contributed by atoms with Crippen LogP contribution < -0.4 is 10.6 Å². The third kappa shape index (κ3) is 5.17. The van der Waals surface area contributed by atoms with Gasteiger partial charge in [0.2, 0.25) is 5.91 Å². The van der Waals surface area contributed by atoms with Gasteiger partial charge in [-0.1, -0.05) is 19.1 Å². The predicted octanol–water partition coefficient (Wildman–Crippen LogP) is 4.07. The van der Waals surface area contributed by atoms with E-state index in [0.717, 1.165) is 16.9 Å². The molecule has 1 aromatic heterocycles. The molecule has 0 saturated heterocycles. The Labute approximate surface area is 162 Å². The van der Waals surface area contributed by atoms with Crippen LogP contribution in [-0.4, -0.2) is 23.9 Å². The van der Waals surface area contributed by atoms with Gasteiger partial charge in [-0.05, 0) is 50.5 Å². The smallest absolute Gasteiger partial charge is 0.342 e. The molecule has 7 heteroatoms. The Hall–Kier alpha value is -2.67. The average molecular weight is 388 g/mol. The van der Waals surface area contributed by atoms with E-state index in [1.54, 1.807) is 6.92 Å². The summed E-state index contributed by atoms with van der Waals surface area (Å²) >= 11 is 1.31. The minimum atomic E-state index is -0.979. The number of carbonyl (C=O) groups excluding carboxylic acids is 3. The Morgan fingerprint density at radius 3 is 2.30 bits per heavy atom. The molecule has 2 rings (SSSR count). The first-order chi connectivity index (χ1) is 12.7. The molecule has 0 radical (unpaired) electrons. The van der Waals surface area contributed by atoms with E-state index in [-0.39, 0.29) is 5.91 Å². The zero-order valence-corrected chi connectivity index (χ0v) is 17.0. The quantitative estimate of drug-likeness (QED) is 0.731. The van der Waals surface area contributed by atoms with Crippen molar-refractivity contribution in [2.75, 3.05) is 10.6 Å². The summed E-state index contributed by atoms with van der Waals surface area (Å²) in [7, 11) is 0. The van der Waals surface area contributed by atoms with E-state index in [4.69, 9.17) is 4.74 Å². The van der Waals surface area contributed by atoms with Crippen LogP contribution in [0, 0.1) is 13.8 Å². The number of aryl methyl sites for hydroxylation is 2. The highest BCUT2D eigenvalue weighted by atomic mass is 32.1. The van der Waals surface area contributed by atoms with E-state index in [0.29, 0.717) is 16.3 Å². The van der Waals surface area contributed by atoms with Crippen LogP contribution in [0.15, 0.2) is 24.3 Å². The first-order valence-electron chi connectivity index (χ1n) is 8.71. The number of anilines is 2. The van der Waals surface area contributed by atoms with Gasteiger partial charge in [0.25, 0.3) is 5.91 Å². The maximum atomic E-state index is 12.6. The number of benzene rings is 1. The van der Waals surface area contributed by atoms with E-state index < -0.39 is 18.0 Å². The molecule has 0 aliphatic heterocycles. The van der Waals surface area contributed by atoms with Crippen molar-refractivity contribution < 1.29 is 19.1 Å². The van der Waals surface area contributed by atoms with Crippen LogP contribution >= 0.6 is 11.3 Å². The molecule has 0 bridgehead atoms. The van der Waals surface area contributed by atoms with Crippen molar-refractivity contribution in [1.82, 2.24) is 0 Å². The highest BCUT2D eigenvalue weighted by Gasteiger charge is 2.25. The number of rotatable bonds is 6. The lowest BCUT2D eigenvalue weighted by molar-refractivity contribution is -0.123. The molecule has 0 aliphatic carbocycles. The van der Waals surface area contributed by atoms with Crippen LogP contribution in [-0.2, 0) is 20.7 Å². The summed E-state index contributed by atoms with van der Waals surface area (Å²) in [6.07, 6.45) is -0.0636. The lowest BCUT2D eigenvalue weighted by Gasteiger charge is -2.14. The van der Waals surface area contributed by atoms with Crippen LogP contribution in [0.25, 0.3) is 0 Å². The number of esters is 1. The number of hydrogen-bond acceptors (Lipinski definition) is 5. The van der Waals surface area contributed by atoms with Crippen LogP contribution in [0.2, 0.25) is 0 Å². The summed E-state index contributed by atoms with van der Waals surface area (Å²) < 4.78 is 5.34. The highest BCUT2D eigenvalue weighted by molar-refractivity contribution is 7.16. The normalized spacial score (nSPS) is 11.6. The van der Waals surface area contributed by atoms with E-state index in [2.05, 4.69) is 17.6 Å². The molecule has 0 unspecified atom stereocenters. The summed E-state index contributed by atoms with van der Waals surface area (Å²) in [5.41, 5.74) is 2.83. The molecule has 0 fully saturated rings. The van der Waals surface area contributed by atoms with Gasteiger partial charge in [-0.3, -0.25) is 9.59 Å². The van der Waals surface area contributed by atoms with Crippen molar-refractivity contribution in [2.24, 2.45) is 0 Å². The summed E-state index contributed by atoms with van der Waals surface area (Å²) in [4.78, 5) is 37.2. The van der Waals surface area contributed by atoms with E-state index in [1.165, 1.54) is 30.7 Å². The highest BCUT2D eigenvalue weighted by Crippen LogP contribution is 2.33. The van der Waals surface area contributed by atoms with Gasteiger partial charge in [-0.2, -0.15) is 0 Å². The third-order valence-corrected chi connectivity index (χ3v) is 5.28. The molecule has 0 saturated carbocycles. The van der Waals surface area contributed by atoms with Crippen LogP contribution in [0.5, 0.6) is 0 Å². The van der Waals surface area contributed by atoms with Gasteiger partial charge in [-0.15, -0.1) is 11.3 Å². The Bertz CT molecular complexity index is 856. The molecule has 1 atom stereocenters. The van der Waals surface area contributed by atoms with Crippen LogP contribution in [0.1, 0.15) is 47.1 Å². The summed E-state index contributed by atoms with van der Waals surface area (Å²) in [5, 5.41) is 5.82. The molecular formula is C20H24N2O4S. The van der Waals surface area contributed by atoms with Gasteiger partial charge in [-0.25, -0.2) is 4.79 Å². The Morgan fingerprint density at radius 1 is 1.11 bits per heavy atom. The van der Waals surface area contributed by atoms with Gasteiger partial charge in [0.05, 0.1) is 5.56 Å². The van der Waals surface area contributed by atoms with E-state index in [9.17, 15) is 14.4 Å². The Morgan fingerprint density at radius 2 is 1.74 bits per heavy atom. The zero-order chi connectivity index (χ0) is 20.1. The molecule has 27 heavy (non-hydrogen) atoms. The molecule has 144 valence electrons. The van der Waals surface area contributed by atoms with Crippen molar-refractivity contribution in [3.63, 3.8) is 0 Å². The maximum Gasteiger partial charge on any atom is 0.342 e. The number of thiophene rings is 1. The minimum absolute atomic E-state index is 0.272. The first kappa shape index (κ1) is 20.6. The van der Waals surface area contributed by atoms with Crippen LogP contribution in [0.4, 0.5) is 10.7 Å². The molecule has 2 aromatic rings. The van der Waals surface area contributed by atoms with Gasteiger partial charge >= 0.3 is 5.97 Å². The zero-order valence-electron chi connectivity index (χ0n) is 16.1. The van der Waals surface area contributed by atoms with E-state index >= 15 is 0 Å². The number of amides is 2. The molecule has 0 spiro atoms. The van der Waals surface area contributed by atoms with Crippen molar-refractivity contribution in [1.29, 1.82) is 0 Å². The maximum absolute atomic E-state index is 12.6. The molecule has 1 aromatic carbocycles. The lowest BCUT2D eigenvalue weighted by atomic mass is 10.1. The third-order valence-electron chi connectivity index (χ3n) is 4.16. The second kappa shape index (κ2) is 8.81. The Kier molecular flexibility index (Phi) is 6.74. The predicted molar refractivity (Wildman–Crippen MR) is 107 cm³/mol. The largest absolute Gasteiger partial charge is 0.449 e. The first-order valence-corrected chi connectivity index (χ1v) is 9.52. The van der Waals surface area contributed by atoms with Gasteiger partial charge in [0.15, 0.2) is 6.10 Å². The topological polar surface area (TPSA) is 84.5 Å². The molecule has 2 amide bonds. The lowest BCUT2D eigenvalue weighted by Crippen LogP contribution is -2.30. The van der Waals surface area contributed by atoms with Gasteiger partial charge < -0.3 is 15.4 Å². The van der Waals surface area contributed by atoms with Gasteiger partial charge in [0.1, 0.15) is 5.00 Å². The fourth-order valence-electron chi connectivity index (χ4n) is 2.46. The minimum Gasteiger partial charge on any atom is -0.449 e. The summed E-state index contributed by atoms with van der Waals surface area (Å²) in [5.74, 6) is -1.32. The fourth-order valence-corrected chi connectivity index (χ4v) is 3.56. The molecular weight excluding hydrogens is 364 g/mol.